The molecule has 0 aromatic carbocycles. The smallest absolute Gasteiger partial charge is 0.326 e. The van der Waals surface area contributed by atoms with Crippen molar-refractivity contribution in [1.29, 1.82) is 0 Å². The van der Waals surface area contributed by atoms with Gasteiger partial charge in [-0.05, 0) is 51.5 Å². The highest BCUT2D eigenvalue weighted by Crippen LogP contribution is 2.24. The van der Waals surface area contributed by atoms with E-state index in [1.165, 1.54) is 0 Å². The van der Waals surface area contributed by atoms with Gasteiger partial charge in [-0.2, -0.15) is 11.8 Å². The van der Waals surface area contributed by atoms with Crippen LogP contribution in [0.3, 0.4) is 0 Å². The van der Waals surface area contributed by atoms with E-state index in [1.54, 1.807) is 24.2 Å². The second kappa shape index (κ2) is 18.5. The predicted molar refractivity (Wildman–Crippen MR) is 162 cm³/mol. The van der Waals surface area contributed by atoms with Crippen molar-refractivity contribution < 1.29 is 43.4 Å². The van der Waals surface area contributed by atoms with Crippen LogP contribution >= 0.6 is 11.8 Å². The van der Waals surface area contributed by atoms with Gasteiger partial charge in [-0.25, -0.2) is 19.6 Å². The first-order chi connectivity index (χ1) is 19.6. The van der Waals surface area contributed by atoms with E-state index in [0.717, 1.165) is 11.4 Å². The number of rotatable bonds is 21. The number of amides is 3. The number of aliphatic carboxylic acids is 3. The number of hydrogen-bond donors (Lipinski definition) is 6. The number of hydrogen-bond acceptors (Lipinski definition) is 9. The number of nitrogens with zero attached hydrogens (tertiary/aromatic N) is 2. The molecule has 3 amide bonds. The fourth-order valence-electron chi connectivity index (χ4n) is 3.90. The van der Waals surface area contributed by atoms with Gasteiger partial charge in [-0.1, -0.05) is 0 Å². The lowest BCUT2D eigenvalue weighted by Crippen LogP contribution is -2.46. The lowest BCUT2D eigenvalue weighted by Gasteiger charge is -2.33. The number of urea groups is 1. The van der Waals surface area contributed by atoms with Gasteiger partial charge in [0, 0.05) is 55.7 Å². The zero-order valence-corrected chi connectivity index (χ0v) is 27.4. The van der Waals surface area contributed by atoms with E-state index in [2.05, 4.69) is 52.1 Å². The summed E-state index contributed by atoms with van der Waals surface area (Å²) in [4.78, 5) is 65.5. The van der Waals surface area contributed by atoms with E-state index >= 15 is 0 Å². The molecule has 1 aromatic rings. The third-order valence-corrected chi connectivity index (χ3v) is 15.8. The van der Waals surface area contributed by atoms with Crippen molar-refractivity contribution in [3.05, 3.63) is 23.8 Å². The third kappa shape index (κ3) is 17.7. The molecule has 0 aliphatic rings. The number of carbonyl (C=O) groups excluding carboxylic acids is 2. The lowest BCUT2D eigenvalue weighted by molar-refractivity contribution is -0.140. The van der Waals surface area contributed by atoms with E-state index in [4.69, 9.17) is 14.3 Å². The molecule has 0 fully saturated rings. The number of thioether (sulfide) groups is 1. The summed E-state index contributed by atoms with van der Waals surface area (Å²) in [6, 6.07) is -1.22. The van der Waals surface area contributed by atoms with Gasteiger partial charge < -0.3 is 35.4 Å². The minimum Gasteiger partial charge on any atom is -0.481 e. The minimum absolute atomic E-state index is 0.0793. The standard InChI is InChI=1S/C25H43N5O9SSi2/c1-41(2,12-6-8-23(34)35)39-42(3,4)17-40-16-20-27-13-18(14-28-20)15-29-21(31)10-9-19(24(36)37)30-25(38)26-11-5-7-22(32)33/h13-14,19H,5-12,15-17H2,1-4H3,(H,29,31)(H,32,33)(H,34,35)(H,36,37)(H2,26,30,38)/t19-/m0/s1. The number of carboxylic acids is 3. The van der Waals surface area contributed by atoms with Gasteiger partial charge in [0.2, 0.25) is 5.91 Å². The molecule has 0 aliphatic carbocycles. The number of carboxylic acid groups (broad SMARTS) is 3. The van der Waals surface area contributed by atoms with Crippen LogP contribution in [0, 0.1) is 0 Å². The van der Waals surface area contributed by atoms with Gasteiger partial charge in [-0.15, -0.1) is 0 Å². The third-order valence-electron chi connectivity index (χ3n) is 5.77. The van der Waals surface area contributed by atoms with Crippen LogP contribution in [0.15, 0.2) is 12.4 Å². The normalized spacial score (nSPS) is 12.3. The van der Waals surface area contributed by atoms with Crippen LogP contribution in [-0.4, -0.2) is 89.7 Å². The van der Waals surface area contributed by atoms with Crippen LogP contribution in [0.1, 0.15) is 49.9 Å². The number of aromatic nitrogens is 2. The molecule has 1 aromatic heterocycles. The Kier molecular flexibility index (Phi) is 16.3. The largest absolute Gasteiger partial charge is 0.481 e. The first-order valence-corrected chi connectivity index (χ1v) is 21.0. The number of nitrogens with one attached hydrogen (secondary N) is 3. The average molecular weight is 646 g/mol. The molecule has 1 heterocycles. The van der Waals surface area contributed by atoms with E-state index in [0.29, 0.717) is 23.6 Å². The van der Waals surface area contributed by atoms with Crippen molar-refractivity contribution in [1.82, 2.24) is 25.9 Å². The molecule has 0 spiro atoms. The Balaban J connectivity index is 2.39. The fraction of sp³-hybridized carbons (Fsp3) is 0.640. The Morgan fingerprint density at radius 3 is 2.12 bits per heavy atom. The molecule has 42 heavy (non-hydrogen) atoms. The zero-order valence-electron chi connectivity index (χ0n) is 24.6. The monoisotopic (exact) mass is 645 g/mol. The molecule has 0 aliphatic heterocycles. The highest BCUT2D eigenvalue weighted by molar-refractivity contribution is 8.00. The lowest BCUT2D eigenvalue weighted by atomic mass is 10.1. The van der Waals surface area contributed by atoms with Crippen molar-refractivity contribution in [3.63, 3.8) is 0 Å². The Morgan fingerprint density at radius 1 is 0.905 bits per heavy atom. The molecule has 236 valence electrons. The van der Waals surface area contributed by atoms with Crippen LogP contribution in [0.2, 0.25) is 32.2 Å². The molecule has 0 unspecified atom stereocenters. The Bertz CT molecular complexity index is 1060. The predicted octanol–water partition coefficient (Wildman–Crippen LogP) is 2.55. The van der Waals surface area contributed by atoms with E-state index in [9.17, 15) is 29.1 Å². The van der Waals surface area contributed by atoms with Crippen molar-refractivity contribution in [2.24, 2.45) is 0 Å². The molecule has 6 N–H and O–H groups in total. The van der Waals surface area contributed by atoms with Gasteiger partial charge in [0.25, 0.3) is 0 Å². The topological polar surface area (TPSA) is 217 Å². The molecule has 14 nitrogen and oxygen atoms in total. The Morgan fingerprint density at radius 2 is 1.52 bits per heavy atom. The summed E-state index contributed by atoms with van der Waals surface area (Å²) in [5, 5.41) is 35.0. The number of carbonyl (C=O) groups is 5. The van der Waals surface area contributed by atoms with Crippen molar-refractivity contribution in [3.8, 4) is 0 Å². The molecular formula is C25H43N5O9SSi2. The molecular weight excluding hydrogens is 603 g/mol. The van der Waals surface area contributed by atoms with Crippen molar-refractivity contribution >= 4 is 58.2 Å². The molecule has 0 saturated heterocycles. The van der Waals surface area contributed by atoms with E-state index in [-0.39, 0.29) is 45.2 Å². The first kappa shape index (κ1) is 37.0. The molecule has 0 saturated carbocycles. The fourth-order valence-corrected chi connectivity index (χ4v) is 14.8. The quantitative estimate of drug-likeness (QED) is 0.0840. The summed E-state index contributed by atoms with van der Waals surface area (Å²) < 4.78 is 6.52. The van der Waals surface area contributed by atoms with Crippen molar-refractivity contribution in [2.75, 3.05) is 11.9 Å². The average Bonchev–Trinajstić information content (AvgIpc) is 2.87. The summed E-state index contributed by atoms with van der Waals surface area (Å²) in [7, 11) is -3.90. The minimum atomic E-state index is -1.96. The summed E-state index contributed by atoms with van der Waals surface area (Å²) in [6.07, 6.45) is 3.87. The highest BCUT2D eigenvalue weighted by Gasteiger charge is 2.32. The van der Waals surface area contributed by atoms with E-state index in [1.807, 2.05) is 0 Å². The van der Waals surface area contributed by atoms with Crippen LogP contribution in [0.4, 0.5) is 4.79 Å². The van der Waals surface area contributed by atoms with E-state index < -0.39 is 52.5 Å². The highest BCUT2D eigenvalue weighted by atomic mass is 32.2. The maximum Gasteiger partial charge on any atom is 0.326 e. The molecule has 1 atom stereocenters. The summed E-state index contributed by atoms with van der Waals surface area (Å²) in [5.41, 5.74) is 0.679. The van der Waals surface area contributed by atoms with Crippen LogP contribution in [0.25, 0.3) is 0 Å². The summed E-state index contributed by atoms with van der Waals surface area (Å²) >= 11 is 1.69. The molecule has 1 rings (SSSR count). The SMILES string of the molecule is C[Si](C)(CCCC(=O)O)O[Si](C)(C)CSCc1ncc(CNC(=O)CC[C@H](NC(=O)NCCCC(=O)O)C(=O)O)cn1. The zero-order chi connectivity index (χ0) is 31.8. The maximum absolute atomic E-state index is 12.2. The van der Waals surface area contributed by atoms with Gasteiger partial charge >= 0.3 is 23.9 Å². The van der Waals surface area contributed by atoms with Crippen LogP contribution in [0.5, 0.6) is 0 Å². The maximum atomic E-state index is 12.2. The van der Waals surface area contributed by atoms with Crippen LogP contribution < -0.4 is 16.0 Å². The Hall–Kier alpha value is -3.03. The van der Waals surface area contributed by atoms with Gasteiger partial charge in [0.15, 0.2) is 16.6 Å². The molecule has 17 heteroatoms. The first-order valence-electron chi connectivity index (χ1n) is 13.6. The molecule has 0 radical (unpaired) electrons. The van der Waals surface area contributed by atoms with Gasteiger partial charge in [0.1, 0.15) is 11.9 Å². The summed E-state index contributed by atoms with van der Waals surface area (Å²) in [6.45, 7) is 8.82. The Labute approximate surface area is 252 Å². The van der Waals surface area contributed by atoms with Gasteiger partial charge in [-0.3, -0.25) is 14.4 Å². The van der Waals surface area contributed by atoms with Crippen molar-refractivity contribution in [2.45, 2.75) is 89.1 Å². The second-order valence-electron chi connectivity index (χ2n) is 11.0. The summed E-state index contributed by atoms with van der Waals surface area (Å²) in [5.74, 6) is -2.21. The van der Waals surface area contributed by atoms with Gasteiger partial charge in [0.05, 0.1) is 5.75 Å². The van der Waals surface area contributed by atoms with Crippen LogP contribution in [-0.2, 0) is 35.6 Å². The molecule has 0 bridgehead atoms. The second-order valence-corrected chi connectivity index (χ2v) is 21.2.